The van der Waals surface area contributed by atoms with Crippen LogP contribution in [-0.4, -0.2) is 18.6 Å². The first kappa shape index (κ1) is 20.0. The minimum Gasteiger partial charge on any atom is -0.489 e. The molecule has 4 rings (SSSR count). The molecule has 1 atom stereocenters. The van der Waals surface area contributed by atoms with Crippen molar-refractivity contribution in [3.8, 4) is 5.75 Å². The van der Waals surface area contributed by atoms with Gasteiger partial charge in [-0.05, 0) is 31.0 Å². The third kappa shape index (κ3) is 3.78. The van der Waals surface area contributed by atoms with Crippen molar-refractivity contribution in [3.05, 3.63) is 65.0 Å². The van der Waals surface area contributed by atoms with Crippen LogP contribution in [0, 0.1) is 0 Å². The lowest BCUT2D eigenvalue weighted by Crippen LogP contribution is -2.45. The minimum atomic E-state index is -0.490. The summed E-state index contributed by atoms with van der Waals surface area (Å²) in [7, 11) is 0. The van der Waals surface area contributed by atoms with Gasteiger partial charge in [0.1, 0.15) is 29.8 Å². The maximum atomic E-state index is 6.63. The number of nitrogens with zero attached hydrogens (tertiary/aromatic N) is 2. The van der Waals surface area contributed by atoms with Crippen LogP contribution in [0.5, 0.6) is 5.75 Å². The van der Waals surface area contributed by atoms with E-state index in [9.17, 15) is 0 Å². The summed E-state index contributed by atoms with van der Waals surface area (Å²) in [5, 5.41) is 4.79. The Labute approximate surface area is 175 Å². The molecule has 0 fully saturated rings. The fraction of sp³-hybridized carbons (Fsp3) is 0.286. The van der Waals surface area contributed by atoms with Gasteiger partial charge < -0.3 is 26.9 Å². The minimum absolute atomic E-state index is 0.0180. The standard InChI is InChI=1S/C21H28N8O/c1-12(2)30-17-9-15-14(10-27-28-15)8-16(17)29(24)21-18(20(23)25-11-26-21)19(22)13-6-4-3-5-7-13/h3-9,12,19,26-28H,10-11,22,24H2,1-2H3,(H2,23,25). The Kier molecular flexibility index (Phi) is 5.49. The molecule has 158 valence electrons. The molecule has 9 heteroatoms. The van der Waals surface area contributed by atoms with Crippen LogP contribution in [0.25, 0.3) is 0 Å². The van der Waals surface area contributed by atoms with Crippen molar-refractivity contribution in [2.75, 3.05) is 17.1 Å². The molecule has 0 saturated heterocycles. The SMILES string of the molecule is CC(C)Oc1cc2c(cc1N(N)C1=C(C(N)c3ccccc3)C(N)=NCN1)CNN2. The predicted molar refractivity (Wildman–Crippen MR) is 119 cm³/mol. The number of ether oxygens (including phenoxy) is 1. The van der Waals surface area contributed by atoms with Crippen molar-refractivity contribution in [2.24, 2.45) is 22.3 Å². The maximum Gasteiger partial charge on any atom is 0.146 e. The number of aliphatic imine (C=N–C) groups is 1. The second kappa shape index (κ2) is 8.23. The molecule has 9 nitrogen and oxygen atoms in total. The predicted octanol–water partition coefficient (Wildman–Crippen LogP) is 1.41. The van der Waals surface area contributed by atoms with E-state index < -0.39 is 6.04 Å². The number of benzene rings is 2. The lowest BCUT2D eigenvalue weighted by Gasteiger charge is -2.32. The number of nitrogens with one attached hydrogen (secondary N) is 3. The van der Waals surface area contributed by atoms with Crippen molar-refractivity contribution >= 4 is 17.2 Å². The largest absolute Gasteiger partial charge is 0.489 e. The smallest absolute Gasteiger partial charge is 0.146 e. The van der Waals surface area contributed by atoms with Gasteiger partial charge in [-0.25, -0.2) is 16.3 Å². The summed E-state index contributed by atoms with van der Waals surface area (Å²) in [6, 6.07) is 13.2. The molecule has 0 bridgehead atoms. The number of hydrazine groups is 2. The van der Waals surface area contributed by atoms with Crippen LogP contribution in [-0.2, 0) is 6.54 Å². The molecule has 0 aliphatic carbocycles. The Hall–Kier alpha value is -3.27. The number of rotatable bonds is 6. The molecule has 0 saturated carbocycles. The lowest BCUT2D eigenvalue weighted by atomic mass is 9.97. The monoisotopic (exact) mass is 408 g/mol. The first-order valence-corrected chi connectivity index (χ1v) is 9.92. The lowest BCUT2D eigenvalue weighted by molar-refractivity contribution is 0.243. The number of amidine groups is 1. The molecule has 0 amide bonds. The van der Waals surface area contributed by atoms with Crippen molar-refractivity contribution < 1.29 is 4.74 Å². The molecule has 0 radical (unpaired) electrons. The number of anilines is 2. The summed E-state index contributed by atoms with van der Waals surface area (Å²) >= 11 is 0. The topological polar surface area (TPSA) is 139 Å². The van der Waals surface area contributed by atoms with Crippen LogP contribution < -0.4 is 43.2 Å². The second-order valence-corrected chi connectivity index (χ2v) is 7.52. The zero-order valence-corrected chi connectivity index (χ0v) is 17.1. The third-order valence-corrected chi connectivity index (χ3v) is 5.05. The summed E-state index contributed by atoms with van der Waals surface area (Å²) in [5.41, 5.74) is 23.4. The van der Waals surface area contributed by atoms with E-state index in [1.54, 1.807) is 5.01 Å². The van der Waals surface area contributed by atoms with E-state index in [1.165, 1.54) is 0 Å². The highest BCUT2D eigenvalue weighted by molar-refractivity contribution is 6.00. The first-order valence-electron chi connectivity index (χ1n) is 9.92. The van der Waals surface area contributed by atoms with E-state index in [-0.39, 0.29) is 6.10 Å². The van der Waals surface area contributed by atoms with Gasteiger partial charge in [-0.2, -0.15) is 0 Å². The molecule has 2 aliphatic heterocycles. The highest BCUT2D eigenvalue weighted by atomic mass is 16.5. The molecule has 2 aliphatic rings. The van der Waals surface area contributed by atoms with Gasteiger partial charge in [0, 0.05) is 12.6 Å². The first-order chi connectivity index (χ1) is 14.5. The van der Waals surface area contributed by atoms with Gasteiger partial charge >= 0.3 is 0 Å². The molecule has 0 spiro atoms. The maximum absolute atomic E-state index is 6.63. The van der Waals surface area contributed by atoms with Gasteiger partial charge in [0.15, 0.2) is 0 Å². The highest BCUT2D eigenvalue weighted by Gasteiger charge is 2.28. The average molecular weight is 409 g/mol. The summed E-state index contributed by atoms with van der Waals surface area (Å²) in [6.45, 7) is 4.95. The summed E-state index contributed by atoms with van der Waals surface area (Å²) < 4.78 is 6.06. The summed E-state index contributed by atoms with van der Waals surface area (Å²) in [4.78, 5) is 4.32. The second-order valence-electron chi connectivity index (χ2n) is 7.52. The number of nitrogens with two attached hydrogens (primary N) is 3. The van der Waals surface area contributed by atoms with Gasteiger partial charge in [-0.3, -0.25) is 5.01 Å². The average Bonchev–Trinajstić information content (AvgIpc) is 3.19. The Balaban J connectivity index is 1.80. The van der Waals surface area contributed by atoms with E-state index in [0.717, 1.165) is 16.8 Å². The summed E-state index contributed by atoms with van der Waals surface area (Å²) in [6.07, 6.45) is -0.0180. The van der Waals surface area contributed by atoms with E-state index in [2.05, 4.69) is 21.2 Å². The van der Waals surface area contributed by atoms with Crippen LogP contribution in [0.1, 0.15) is 31.0 Å². The van der Waals surface area contributed by atoms with Gasteiger partial charge in [0.05, 0.1) is 23.4 Å². The van der Waals surface area contributed by atoms with Gasteiger partial charge in [0.25, 0.3) is 0 Å². The third-order valence-electron chi connectivity index (χ3n) is 5.05. The van der Waals surface area contributed by atoms with Crippen molar-refractivity contribution in [2.45, 2.75) is 32.5 Å². The summed E-state index contributed by atoms with van der Waals surface area (Å²) in [5.74, 6) is 8.26. The Bertz CT molecular complexity index is 986. The van der Waals surface area contributed by atoms with Gasteiger partial charge in [0.2, 0.25) is 0 Å². The normalized spacial score (nSPS) is 16.5. The number of fused-ring (bicyclic) bond motifs is 1. The van der Waals surface area contributed by atoms with Crippen molar-refractivity contribution in [3.63, 3.8) is 0 Å². The zero-order chi connectivity index (χ0) is 21.3. The van der Waals surface area contributed by atoms with Crippen LogP contribution >= 0.6 is 0 Å². The van der Waals surface area contributed by atoms with Crippen LogP contribution in [0.2, 0.25) is 0 Å². The van der Waals surface area contributed by atoms with E-state index in [1.807, 2.05) is 56.3 Å². The van der Waals surface area contributed by atoms with Crippen LogP contribution in [0.3, 0.4) is 0 Å². The van der Waals surface area contributed by atoms with Crippen molar-refractivity contribution in [1.82, 2.24) is 10.7 Å². The zero-order valence-electron chi connectivity index (χ0n) is 17.1. The van der Waals surface area contributed by atoms with Gasteiger partial charge in [-0.15, -0.1) is 0 Å². The molecule has 2 aromatic rings. The van der Waals surface area contributed by atoms with E-state index >= 15 is 0 Å². The quantitative estimate of drug-likeness (QED) is 0.312. The highest BCUT2D eigenvalue weighted by Crippen LogP contribution is 2.37. The van der Waals surface area contributed by atoms with Crippen LogP contribution in [0.15, 0.2) is 58.9 Å². The Morgan fingerprint density at radius 2 is 1.93 bits per heavy atom. The fourth-order valence-corrected chi connectivity index (χ4v) is 3.62. The molecule has 0 aromatic heterocycles. The Morgan fingerprint density at radius 1 is 1.17 bits per heavy atom. The molecule has 2 aromatic carbocycles. The van der Waals surface area contributed by atoms with Crippen molar-refractivity contribution in [1.29, 1.82) is 0 Å². The van der Waals surface area contributed by atoms with E-state index in [4.69, 9.17) is 22.0 Å². The van der Waals surface area contributed by atoms with Gasteiger partial charge in [-0.1, -0.05) is 30.3 Å². The molecular formula is C21H28N8O. The number of hydrogen-bond donors (Lipinski definition) is 6. The fourth-order valence-electron chi connectivity index (χ4n) is 3.62. The number of hydrogen-bond acceptors (Lipinski definition) is 9. The molecule has 1 unspecified atom stereocenters. The Morgan fingerprint density at radius 3 is 2.67 bits per heavy atom. The molecule has 30 heavy (non-hydrogen) atoms. The van der Waals surface area contributed by atoms with E-state index in [0.29, 0.717) is 41.9 Å². The molecule has 2 heterocycles. The molecule has 9 N–H and O–H groups in total. The van der Waals surface area contributed by atoms with Crippen LogP contribution in [0.4, 0.5) is 11.4 Å². The molecular weight excluding hydrogens is 380 g/mol.